The van der Waals surface area contributed by atoms with Crippen LogP contribution in [0.25, 0.3) is 0 Å². The fourth-order valence-electron chi connectivity index (χ4n) is 3.39. The first-order chi connectivity index (χ1) is 12.1. The Kier molecular flexibility index (Phi) is 10.2. The maximum absolute atomic E-state index is 12.5. The molecule has 0 aliphatic carbocycles. The first-order valence-corrected chi connectivity index (χ1v) is 9.12. The van der Waals surface area contributed by atoms with Gasteiger partial charge >= 0.3 is 5.97 Å². The molecule has 2 saturated heterocycles. The van der Waals surface area contributed by atoms with Gasteiger partial charge in [0.25, 0.3) is 0 Å². The number of ether oxygens (including phenoxy) is 1. The van der Waals surface area contributed by atoms with E-state index in [0.29, 0.717) is 13.0 Å². The molecule has 1 amide bonds. The number of hydrogen-bond acceptors (Lipinski definition) is 5. The smallest absolute Gasteiger partial charge is 0.307 e. The summed E-state index contributed by atoms with van der Waals surface area (Å²) in [5.74, 6) is 0.815. The third-order valence-electron chi connectivity index (χ3n) is 4.99. The molecular formula is C17H32IN5O3. The molecule has 1 unspecified atom stereocenters. The quantitative estimate of drug-likeness (QED) is 0.265. The summed E-state index contributed by atoms with van der Waals surface area (Å²) in [6, 6.07) is -0.0606. The Balaban J connectivity index is 0.00000338. The monoisotopic (exact) mass is 481 g/mol. The minimum atomic E-state index is -0.234. The second-order valence-corrected chi connectivity index (χ2v) is 6.53. The van der Waals surface area contributed by atoms with Crippen molar-refractivity contribution < 1.29 is 14.3 Å². The Labute approximate surface area is 173 Å². The van der Waals surface area contributed by atoms with Gasteiger partial charge in [0.2, 0.25) is 5.91 Å². The van der Waals surface area contributed by atoms with Crippen LogP contribution in [0, 0.1) is 0 Å². The first kappa shape index (κ1) is 22.9. The van der Waals surface area contributed by atoms with Crippen LogP contribution in [0.4, 0.5) is 0 Å². The maximum Gasteiger partial charge on any atom is 0.307 e. The fraction of sp³-hybridized carbons (Fsp3) is 0.824. The summed E-state index contributed by atoms with van der Waals surface area (Å²) in [5, 5.41) is 3.20. The van der Waals surface area contributed by atoms with Gasteiger partial charge in [-0.25, -0.2) is 0 Å². The van der Waals surface area contributed by atoms with E-state index in [1.807, 2.05) is 11.8 Å². The highest BCUT2D eigenvalue weighted by Crippen LogP contribution is 2.14. The molecule has 26 heavy (non-hydrogen) atoms. The normalized spacial score (nSPS) is 19.7. The van der Waals surface area contributed by atoms with Crippen molar-refractivity contribution in [2.45, 2.75) is 32.2 Å². The predicted molar refractivity (Wildman–Crippen MR) is 112 cm³/mol. The molecule has 2 fully saturated rings. The van der Waals surface area contributed by atoms with Gasteiger partial charge in [0.15, 0.2) is 5.96 Å². The number of hydrogen-bond donors (Lipinski definition) is 1. The molecule has 9 heteroatoms. The lowest BCUT2D eigenvalue weighted by molar-refractivity contribution is -0.140. The number of nitrogens with one attached hydrogen (secondary N) is 1. The highest BCUT2D eigenvalue weighted by molar-refractivity contribution is 14.0. The Hall–Kier alpha value is -1.10. The molecule has 1 atom stereocenters. The average molecular weight is 481 g/mol. The van der Waals surface area contributed by atoms with Crippen LogP contribution in [0.3, 0.4) is 0 Å². The minimum Gasteiger partial charge on any atom is -0.469 e. The van der Waals surface area contributed by atoms with Crippen molar-refractivity contribution in [1.82, 2.24) is 20.0 Å². The first-order valence-electron chi connectivity index (χ1n) is 9.12. The third kappa shape index (κ3) is 6.26. The summed E-state index contributed by atoms with van der Waals surface area (Å²) < 4.78 is 4.64. The summed E-state index contributed by atoms with van der Waals surface area (Å²) in [7, 11) is 3.13. The second kappa shape index (κ2) is 11.6. The lowest BCUT2D eigenvalue weighted by Gasteiger charge is -2.39. The van der Waals surface area contributed by atoms with E-state index in [9.17, 15) is 9.59 Å². The van der Waals surface area contributed by atoms with Crippen LogP contribution >= 0.6 is 24.0 Å². The number of piperazine rings is 1. The van der Waals surface area contributed by atoms with Gasteiger partial charge in [-0.1, -0.05) is 0 Å². The number of nitrogens with zero attached hydrogens (tertiary/aromatic N) is 4. The molecule has 0 radical (unpaired) electrons. The molecule has 2 aliphatic heterocycles. The number of esters is 1. The van der Waals surface area contributed by atoms with Crippen molar-refractivity contribution >= 4 is 41.8 Å². The van der Waals surface area contributed by atoms with Crippen LogP contribution in [0.1, 0.15) is 26.2 Å². The lowest BCUT2D eigenvalue weighted by Crippen LogP contribution is -2.57. The molecular weight excluding hydrogens is 449 g/mol. The van der Waals surface area contributed by atoms with Crippen LogP contribution < -0.4 is 5.32 Å². The predicted octanol–water partition coefficient (Wildman–Crippen LogP) is 0.371. The van der Waals surface area contributed by atoms with Crippen molar-refractivity contribution in [3.05, 3.63) is 0 Å². The Morgan fingerprint density at radius 1 is 1.08 bits per heavy atom. The highest BCUT2D eigenvalue weighted by atomic mass is 127. The zero-order valence-electron chi connectivity index (χ0n) is 16.1. The molecule has 2 heterocycles. The minimum absolute atomic E-state index is 0. The molecule has 0 bridgehead atoms. The van der Waals surface area contributed by atoms with E-state index in [2.05, 4.69) is 24.8 Å². The SMILES string of the molecule is CN=C(NCCC(=O)OC)N1CCN(C(C)C(=O)N2CCCC2)CC1.I. The molecule has 0 aromatic carbocycles. The van der Waals surface area contributed by atoms with Crippen LogP contribution in [-0.4, -0.2) is 98.5 Å². The molecule has 2 aliphatic rings. The van der Waals surface area contributed by atoms with Crippen LogP contribution in [0.15, 0.2) is 4.99 Å². The van der Waals surface area contributed by atoms with Crippen molar-refractivity contribution in [1.29, 1.82) is 0 Å². The fourth-order valence-corrected chi connectivity index (χ4v) is 3.39. The lowest BCUT2D eigenvalue weighted by atomic mass is 10.2. The molecule has 2 rings (SSSR count). The number of aliphatic imine (C=N–C) groups is 1. The summed E-state index contributed by atoms with van der Waals surface area (Å²) in [6.07, 6.45) is 2.57. The summed E-state index contributed by atoms with van der Waals surface area (Å²) in [4.78, 5) is 34.4. The van der Waals surface area contributed by atoms with Gasteiger partial charge in [-0.2, -0.15) is 0 Å². The van der Waals surface area contributed by atoms with E-state index in [1.54, 1.807) is 7.05 Å². The maximum atomic E-state index is 12.5. The van der Waals surface area contributed by atoms with Gasteiger partial charge in [0.05, 0.1) is 19.6 Å². The molecule has 0 aromatic rings. The summed E-state index contributed by atoms with van der Waals surface area (Å²) in [5.41, 5.74) is 0. The number of rotatable bonds is 5. The van der Waals surface area contributed by atoms with E-state index < -0.39 is 0 Å². The molecule has 8 nitrogen and oxygen atoms in total. The van der Waals surface area contributed by atoms with E-state index in [-0.39, 0.29) is 41.9 Å². The van der Waals surface area contributed by atoms with Crippen LogP contribution in [-0.2, 0) is 14.3 Å². The van der Waals surface area contributed by atoms with E-state index >= 15 is 0 Å². The molecule has 150 valence electrons. The Bertz CT molecular complexity index is 489. The van der Waals surface area contributed by atoms with Gasteiger partial charge in [0, 0.05) is 52.9 Å². The van der Waals surface area contributed by atoms with Crippen molar-refractivity contribution in [2.24, 2.45) is 4.99 Å². The van der Waals surface area contributed by atoms with E-state index in [0.717, 1.165) is 58.1 Å². The molecule has 0 aromatic heterocycles. The van der Waals surface area contributed by atoms with Gasteiger partial charge in [-0.3, -0.25) is 19.5 Å². The van der Waals surface area contributed by atoms with Gasteiger partial charge in [-0.15, -0.1) is 24.0 Å². The molecule has 0 spiro atoms. The van der Waals surface area contributed by atoms with E-state index in [1.165, 1.54) is 7.11 Å². The van der Waals surface area contributed by atoms with Crippen molar-refractivity contribution in [2.75, 3.05) is 60.0 Å². The molecule has 0 saturated carbocycles. The molecule has 1 N–H and O–H groups in total. The number of methoxy groups -OCH3 is 1. The number of guanidine groups is 1. The second-order valence-electron chi connectivity index (χ2n) is 6.53. The Morgan fingerprint density at radius 2 is 1.69 bits per heavy atom. The topological polar surface area (TPSA) is 77.5 Å². The third-order valence-corrected chi connectivity index (χ3v) is 4.99. The largest absolute Gasteiger partial charge is 0.469 e. The van der Waals surface area contributed by atoms with Crippen molar-refractivity contribution in [3.63, 3.8) is 0 Å². The standard InChI is InChI=1S/C17H31N5O3.HI/c1-14(16(24)21-8-4-5-9-21)20-10-12-22(13-11-20)17(18-2)19-7-6-15(23)25-3;/h14H,4-13H2,1-3H3,(H,18,19);1H. The van der Waals surface area contributed by atoms with Crippen molar-refractivity contribution in [3.8, 4) is 0 Å². The average Bonchev–Trinajstić information content (AvgIpc) is 3.18. The zero-order chi connectivity index (χ0) is 18.2. The van der Waals surface area contributed by atoms with Gasteiger partial charge in [0.1, 0.15) is 0 Å². The number of likely N-dealkylation sites (tertiary alicyclic amines) is 1. The Morgan fingerprint density at radius 3 is 2.23 bits per heavy atom. The number of carbonyl (C=O) groups is 2. The number of halogens is 1. The van der Waals surface area contributed by atoms with Gasteiger partial charge in [-0.05, 0) is 19.8 Å². The van der Waals surface area contributed by atoms with Crippen LogP contribution in [0.2, 0.25) is 0 Å². The van der Waals surface area contributed by atoms with Gasteiger partial charge < -0.3 is 19.9 Å². The van der Waals surface area contributed by atoms with E-state index in [4.69, 9.17) is 0 Å². The summed E-state index contributed by atoms with van der Waals surface area (Å²) >= 11 is 0. The number of amides is 1. The highest BCUT2D eigenvalue weighted by Gasteiger charge is 2.30. The van der Waals surface area contributed by atoms with Crippen LogP contribution in [0.5, 0.6) is 0 Å². The zero-order valence-corrected chi connectivity index (χ0v) is 18.4. The summed E-state index contributed by atoms with van der Waals surface area (Å²) in [6.45, 7) is 7.62. The number of carbonyl (C=O) groups excluding carboxylic acids is 2.